The Bertz CT molecular complexity index is 431. The average Bonchev–Trinajstić information content (AvgIpc) is 3.18. The molecule has 20 heavy (non-hydrogen) atoms. The SMILES string of the molecule is CNC(CC(C)C(C)(C)C)c1cccc(OC2CC2)c1. The summed E-state index contributed by atoms with van der Waals surface area (Å²) in [5.74, 6) is 1.68. The number of benzene rings is 1. The molecule has 2 nitrogen and oxygen atoms in total. The van der Waals surface area contributed by atoms with Crippen LogP contribution in [0.1, 0.15) is 58.6 Å². The summed E-state index contributed by atoms with van der Waals surface area (Å²) in [5.41, 5.74) is 1.68. The molecule has 1 fully saturated rings. The van der Waals surface area contributed by atoms with Gasteiger partial charge < -0.3 is 10.1 Å². The van der Waals surface area contributed by atoms with Crippen LogP contribution in [0, 0.1) is 11.3 Å². The van der Waals surface area contributed by atoms with Crippen LogP contribution in [0.5, 0.6) is 5.75 Å². The van der Waals surface area contributed by atoms with E-state index in [0.717, 1.165) is 12.2 Å². The molecule has 0 aromatic heterocycles. The molecule has 112 valence electrons. The minimum atomic E-state index is 0.344. The van der Waals surface area contributed by atoms with Gasteiger partial charge in [0.1, 0.15) is 5.75 Å². The van der Waals surface area contributed by atoms with Crippen LogP contribution in [0.2, 0.25) is 0 Å². The lowest BCUT2D eigenvalue weighted by atomic mass is 9.77. The summed E-state index contributed by atoms with van der Waals surface area (Å²) < 4.78 is 5.91. The van der Waals surface area contributed by atoms with Crippen molar-refractivity contribution in [3.8, 4) is 5.75 Å². The third-order valence-corrected chi connectivity index (χ3v) is 4.50. The fraction of sp³-hybridized carbons (Fsp3) is 0.667. The molecule has 1 saturated carbocycles. The summed E-state index contributed by atoms with van der Waals surface area (Å²) in [7, 11) is 2.05. The van der Waals surface area contributed by atoms with Crippen LogP contribution in [-0.4, -0.2) is 13.2 Å². The summed E-state index contributed by atoms with van der Waals surface area (Å²) in [4.78, 5) is 0. The maximum Gasteiger partial charge on any atom is 0.120 e. The van der Waals surface area contributed by atoms with Gasteiger partial charge in [0.15, 0.2) is 0 Å². The van der Waals surface area contributed by atoms with Gasteiger partial charge >= 0.3 is 0 Å². The lowest BCUT2D eigenvalue weighted by Crippen LogP contribution is -2.25. The summed E-state index contributed by atoms with van der Waals surface area (Å²) in [6, 6.07) is 8.98. The Labute approximate surface area is 123 Å². The second-order valence-electron chi connectivity index (χ2n) is 7.23. The zero-order valence-electron chi connectivity index (χ0n) is 13.6. The quantitative estimate of drug-likeness (QED) is 0.821. The highest BCUT2D eigenvalue weighted by molar-refractivity contribution is 5.31. The highest BCUT2D eigenvalue weighted by Crippen LogP contribution is 2.34. The third kappa shape index (κ3) is 4.24. The molecule has 0 heterocycles. The van der Waals surface area contributed by atoms with Crippen molar-refractivity contribution in [1.82, 2.24) is 5.32 Å². The fourth-order valence-corrected chi connectivity index (χ4v) is 2.31. The molecule has 2 rings (SSSR count). The van der Waals surface area contributed by atoms with Crippen LogP contribution >= 0.6 is 0 Å². The van der Waals surface area contributed by atoms with E-state index in [1.54, 1.807) is 0 Å². The molecule has 0 bridgehead atoms. The second kappa shape index (κ2) is 6.17. The van der Waals surface area contributed by atoms with Crippen molar-refractivity contribution in [1.29, 1.82) is 0 Å². The smallest absolute Gasteiger partial charge is 0.120 e. The lowest BCUT2D eigenvalue weighted by molar-refractivity contribution is 0.226. The van der Waals surface area contributed by atoms with Crippen molar-refractivity contribution in [2.45, 2.75) is 59.1 Å². The molecule has 0 aliphatic heterocycles. The number of nitrogens with one attached hydrogen (secondary N) is 1. The van der Waals surface area contributed by atoms with E-state index in [-0.39, 0.29) is 0 Å². The molecule has 1 N–H and O–H groups in total. The van der Waals surface area contributed by atoms with Crippen LogP contribution in [-0.2, 0) is 0 Å². The predicted octanol–water partition coefficient (Wildman–Crippen LogP) is 4.56. The van der Waals surface area contributed by atoms with Gasteiger partial charge in [0.25, 0.3) is 0 Å². The minimum absolute atomic E-state index is 0.344. The van der Waals surface area contributed by atoms with Gasteiger partial charge in [-0.3, -0.25) is 0 Å². The molecule has 0 spiro atoms. The second-order valence-corrected chi connectivity index (χ2v) is 7.23. The normalized spacial score (nSPS) is 18.6. The van der Waals surface area contributed by atoms with E-state index in [1.807, 2.05) is 0 Å². The fourth-order valence-electron chi connectivity index (χ4n) is 2.31. The molecule has 0 saturated heterocycles. The summed E-state index contributed by atoms with van der Waals surface area (Å²) >= 11 is 0. The van der Waals surface area contributed by atoms with Gasteiger partial charge in [0, 0.05) is 6.04 Å². The van der Waals surface area contributed by atoms with Gasteiger partial charge in [-0.2, -0.15) is 0 Å². The number of hydrogen-bond acceptors (Lipinski definition) is 2. The van der Waals surface area contributed by atoms with E-state index >= 15 is 0 Å². The van der Waals surface area contributed by atoms with Crippen molar-refractivity contribution in [3.05, 3.63) is 29.8 Å². The van der Waals surface area contributed by atoms with Crippen molar-refractivity contribution in [2.24, 2.45) is 11.3 Å². The Morgan fingerprint density at radius 2 is 2.00 bits per heavy atom. The van der Waals surface area contributed by atoms with Crippen molar-refractivity contribution in [3.63, 3.8) is 0 Å². The Balaban J connectivity index is 2.06. The Hall–Kier alpha value is -1.02. The van der Waals surface area contributed by atoms with E-state index in [4.69, 9.17) is 4.74 Å². The first kappa shape index (κ1) is 15.4. The molecule has 2 atom stereocenters. The predicted molar refractivity (Wildman–Crippen MR) is 85.1 cm³/mol. The molecule has 0 amide bonds. The van der Waals surface area contributed by atoms with E-state index in [1.165, 1.54) is 18.4 Å². The van der Waals surface area contributed by atoms with Crippen LogP contribution in [0.25, 0.3) is 0 Å². The van der Waals surface area contributed by atoms with Gasteiger partial charge in [0.05, 0.1) is 6.10 Å². The van der Waals surface area contributed by atoms with Gasteiger partial charge in [0.2, 0.25) is 0 Å². The van der Waals surface area contributed by atoms with Crippen molar-refractivity contribution < 1.29 is 4.74 Å². The number of rotatable bonds is 6. The molecule has 2 unspecified atom stereocenters. The van der Waals surface area contributed by atoms with Crippen LogP contribution in [0.4, 0.5) is 0 Å². The lowest BCUT2D eigenvalue weighted by Gasteiger charge is -2.31. The van der Waals surface area contributed by atoms with Crippen molar-refractivity contribution in [2.75, 3.05) is 7.05 Å². The molecule has 1 aliphatic rings. The van der Waals surface area contributed by atoms with Gasteiger partial charge in [-0.1, -0.05) is 39.8 Å². The van der Waals surface area contributed by atoms with Crippen LogP contribution < -0.4 is 10.1 Å². The molecule has 1 aromatic rings. The van der Waals surface area contributed by atoms with Gasteiger partial charge in [-0.05, 0) is 55.3 Å². The third-order valence-electron chi connectivity index (χ3n) is 4.50. The Morgan fingerprint density at radius 3 is 2.55 bits per heavy atom. The van der Waals surface area contributed by atoms with E-state index in [2.05, 4.69) is 64.3 Å². The van der Waals surface area contributed by atoms with E-state index in [0.29, 0.717) is 23.5 Å². The monoisotopic (exact) mass is 275 g/mol. The number of hydrogen-bond donors (Lipinski definition) is 1. The van der Waals surface area contributed by atoms with Crippen LogP contribution in [0.3, 0.4) is 0 Å². The molecular weight excluding hydrogens is 246 g/mol. The number of ether oxygens (including phenoxy) is 1. The zero-order chi connectivity index (χ0) is 14.8. The maximum absolute atomic E-state index is 5.91. The molecule has 1 aromatic carbocycles. The van der Waals surface area contributed by atoms with Crippen LogP contribution in [0.15, 0.2) is 24.3 Å². The summed E-state index contributed by atoms with van der Waals surface area (Å²) in [6.07, 6.45) is 4.03. The summed E-state index contributed by atoms with van der Waals surface area (Å²) in [5, 5.41) is 3.46. The molecule has 1 aliphatic carbocycles. The molecule has 0 radical (unpaired) electrons. The van der Waals surface area contributed by atoms with Gasteiger partial charge in [-0.25, -0.2) is 0 Å². The topological polar surface area (TPSA) is 21.3 Å². The summed E-state index contributed by atoms with van der Waals surface area (Å²) in [6.45, 7) is 9.29. The maximum atomic E-state index is 5.91. The minimum Gasteiger partial charge on any atom is -0.490 e. The van der Waals surface area contributed by atoms with E-state index < -0.39 is 0 Å². The largest absolute Gasteiger partial charge is 0.490 e. The van der Waals surface area contributed by atoms with Crippen molar-refractivity contribution >= 4 is 0 Å². The first-order chi connectivity index (χ1) is 9.40. The standard InChI is InChI=1S/C18H29NO/c1-13(18(2,3)4)11-17(19-5)14-7-6-8-16(12-14)20-15-9-10-15/h6-8,12-13,15,17,19H,9-11H2,1-5H3. The van der Waals surface area contributed by atoms with Gasteiger partial charge in [-0.15, -0.1) is 0 Å². The zero-order valence-corrected chi connectivity index (χ0v) is 13.6. The molecular formula is C18H29NO. The highest BCUT2D eigenvalue weighted by Gasteiger charge is 2.25. The average molecular weight is 275 g/mol. The first-order valence-electron chi connectivity index (χ1n) is 7.84. The Kier molecular flexibility index (Phi) is 4.74. The first-order valence-corrected chi connectivity index (χ1v) is 7.84. The van der Waals surface area contributed by atoms with E-state index in [9.17, 15) is 0 Å². The highest BCUT2D eigenvalue weighted by atomic mass is 16.5. The molecule has 2 heteroatoms. The Morgan fingerprint density at radius 1 is 1.30 bits per heavy atom.